The molecule has 5 nitrogen and oxygen atoms in total. The molecule has 0 aliphatic carbocycles. The molecule has 0 aliphatic rings. The highest BCUT2D eigenvalue weighted by molar-refractivity contribution is 5.79. The van der Waals surface area contributed by atoms with Crippen LogP contribution in [-0.4, -0.2) is 51.3 Å². The summed E-state index contributed by atoms with van der Waals surface area (Å²) in [7, 11) is 3.87. The van der Waals surface area contributed by atoms with Crippen molar-refractivity contribution >= 4 is 5.96 Å². The Morgan fingerprint density at radius 3 is 2.60 bits per heavy atom. The Labute approximate surface area is 152 Å². The molecule has 0 spiro atoms. The number of allylic oxidation sites excluding steroid dienone is 1. The Morgan fingerprint density at radius 1 is 1.24 bits per heavy atom. The van der Waals surface area contributed by atoms with Crippen LogP contribution in [0.1, 0.15) is 32.3 Å². The second-order valence-corrected chi connectivity index (χ2v) is 5.72. The number of unbranched alkanes of at least 4 members (excludes halogenated alkanes) is 1. The second-order valence-electron chi connectivity index (χ2n) is 5.72. The highest BCUT2D eigenvalue weighted by Crippen LogP contribution is 2.28. The number of ether oxygens (including phenoxy) is 2. The van der Waals surface area contributed by atoms with E-state index < -0.39 is 0 Å². The molecule has 1 N–H and O–H groups in total. The van der Waals surface area contributed by atoms with E-state index in [-0.39, 0.29) is 0 Å². The lowest BCUT2D eigenvalue weighted by atomic mass is 10.1. The van der Waals surface area contributed by atoms with Gasteiger partial charge < -0.3 is 19.7 Å². The Balaban J connectivity index is 2.56. The lowest BCUT2D eigenvalue weighted by Gasteiger charge is -2.22. The van der Waals surface area contributed by atoms with Gasteiger partial charge in [0, 0.05) is 27.2 Å². The molecule has 0 saturated heterocycles. The molecule has 1 rings (SSSR count). The Morgan fingerprint density at radius 2 is 1.96 bits per heavy atom. The van der Waals surface area contributed by atoms with Crippen molar-refractivity contribution in [2.45, 2.75) is 33.1 Å². The molecule has 0 atom stereocenters. The molecule has 0 radical (unpaired) electrons. The van der Waals surface area contributed by atoms with Crippen LogP contribution in [0.5, 0.6) is 11.5 Å². The maximum atomic E-state index is 5.69. The van der Waals surface area contributed by atoms with E-state index in [1.165, 1.54) is 5.56 Å². The predicted octanol–water partition coefficient (Wildman–Crippen LogP) is 3.50. The summed E-state index contributed by atoms with van der Waals surface area (Å²) < 4.78 is 11.3. The quantitative estimate of drug-likeness (QED) is 0.288. The zero-order valence-electron chi connectivity index (χ0n) is 16.2. The van der Waals surface area contributed by atoms with Crippen molar-refractivity contribution in [2.24, 2.45) is 4.99 Å². The Kier molecular flexibility index (Phi) is 10.2. The summed E-state index contributed by atoms with van der Waals surface area (Å²) in [5.41, 5.74) is 1.21. The largest absolute Gasteiger partial charge is 0.490 e. The fraction of sp³-hybridized carbons (Fsp3) is 0.550. The summed E-state index contributed by atoms with van der Waals surface area (Å²) in [6, 6.07) is 6.14. The van der Waals surface area contributed by atoms with E-state index in [2.05, 4.69) is 41.0 Å². The van der Waals surface area contributed by atoms with Crippen LogP contribution in [-0.2, 0) is 6.42 Å². The molecular weight excluding hydrogens is 314 g/mol. The van der Waals surface area contributed by atoms with Crippen molar-refractivity contribution in [3.05, 3.63) is 36.4 Å². The van der Waals surface area contributed by atoms with E-state index in [4.69, 9.17) is 9.47 Å². The predicted molar refractivity (Wildman–Crippen MR) is 106 cm³/mol. The van der Waals surface area contributed by atoms with Crippen molar-refractivity contribution in [3.63, 3.8) is 0 Å². The molecule has 25 heavy (non-hydrogen) atoms. The van der Waals surface area contributed by atoms with E-state index in [9.17, 15) is 0 Å². The van der Waals surface area contributed by atoms with Gasteiger partial charge in [-0.15, -0.1) is 6.58 Å². The number of hydrogen-bond acceptors (Lipinski definition) is 3. The van der Waals surface area contributed by atoms with Gasteiger partial charge in [-0.3, -0.25) is 4.99 Å². The van der Waals surface area contributed by atoms with Gasteiger partial charge in [-0.05, 0) is 50.8 Å². The van der Waals surface area contributed by atoms with Crippen LogP contribution in [0.3, 0.4) is 0 Å². The highest BCUT2D eigenvalue weighted by atomic mass is 16.5. The third kappa shape index (κ3) is 7.50. The van der Waals surface area contributed by atoms with Crippen molar-refractivity contribution < 1.29 is 9.47 Å². The minimum absolute atomic E-state index is 0.629. The van der Waals surface area contributed by atoms with Crippen LogP contribution in [0.4, 0.5) is 0 Å². The summed E-state index contributed by atoms with van der Waals surface area (Å²) in [5.74, 6) is 2.53. The minimum Gasteiger partial charge on any atom is -0.490 e. The van der Waals surface area contributed by atoms with Crippen LogP contribution in [0, 0.1) is 0 Å². The van der Waals surface area contributed by atoms with E-state index in [0.717, 1.165) is 49.8 Å². The first-order valence-corrected chi connectivity index (χ1v) is 9.07. The van der Waals surface area contributed by atoms with Crippen molar-refractivity contribution in [1.82, 2.24) is 10.2 Å². The van der Waals surface area contributed by atoms with E-state index in [1.807, 2.05) is 33.0 Å². The van der Waals surface area contributed by atoms with Gasteiger partial charge >= 0.3 is 0 Å². The van der Waals surface area contributed by atoms with Gasteiger partial charge in [0.25, 0.3) is 0 Å². The molecule has 0 unspecified atom stereocenters. The fourth-order valence-corrected chi connectivity index (χ4v) is 2.53. The molecule has 0 heterocycles. The number of rotatable bonds is 11. The van der Waals surface area contributed by atoms with Gasteiger partial charge in [0.05, 0.1) is 13.2 Å². The third-order valence-corrected chi connectivity index (χ3v) is 3.78. The SMILES string of the molecule is C=CCCCN(C)C(=NC)NCCc1ccc(OCC)c(OCC)c1. The monoisotopic (exact) mass is 347 g/mol. The molecule has 5 heteroatoms. The van der Waals surface area contributed by atoms with Crippen molar-refractivity contribution in [2.75, 3.05) is 40.4 Å². The first kappa shape index (κ1) is 20.9. The smallest absolute Gasteiger partial charge is 0.193 e. The van der Waals surface area contributed by atoms with Gasteiger partial charge in [0.2, 0.25) is 0 Å². The minimum atomic E-state index is 0.629. The second kappa shape index (κ2) is 12.2. The average Bonchev–Trinajstić information content (AvgIpc) is 2.61. The molecule has 0 bridgehead atoms. The van der Waals surface area contributed by atoms with Crippen LogP contribution >= 0.6 is 0 Å². The van der Waals surface area contributed by atoms with E-state index in [1.54, 1.807) is 0 Å². The first-order valence-electron chi connectivity index (χ1n) is 9.07. The highest BCUT2D eigenvalue weighted by Gasteiger charge is 2.08. The van der Waals surface area contributed by atoms with Crippen molar-refractivity contribution in [1.29, 1.82) is 0 Å². The lowest BCUT2D eigenvalue weighted by molar-refractivity contribution is 0.287. The lowest BCUT2D eigenvalue weighted by Crippen LogP contribution is -2.40. The van der Waals surface area contributed by atoms with Gasteiger partial charge in [-0.1, -0.05) is 12.1 Å². The van der Waals surface area contributed by atoms with Gasteiger partial charge in [0.15, 0.2) is 17.5 Å². The molecule has 0 fully saturated rings. The first-order chi connectivity index (χ1) is 12.2. The summed E-state index contributed by atoms with van der Waals surface area (Å²) >= 11 is 0. The summed E-state index contributed by atoms with van der Waals surface area (Å²) in [4.78, 5) is 6.49. The van der Waals surface area contributed by atoms with E-state index in [0.29, 0.717) is 13.2 Å². The maximum Gasteiger partial charge on any atom is 0.193 e. The zero-order chi connectivity index (χ0) is 18.5. The molecule has 0 aromatic heterocycles. The zero-order valence-corrected chi connectivity index (χ0v) is 16.2. The topological polar surface area (TPSA) is 46.1 Å². The van der Waals surface area contributed by atoms with Crippen LogP contribution < -0.4 is 14.8 Å². The number of nitrogens with one attached hydrogen (secondary N) is 1. The summed E-state index contributed by atoms with van der Waals surface area (Å²) in [5, 5.41) is 3.41. The maximum absolute atomic E-state index is 5.69. The van der Waals surface area contributed by atoms with Crippen LogP contribution in [0.2, 0.25) is 0 Å². The number of benzene rings is 1. The fourth-order valence-electron chi connectivity index (χ4n) is 2.53. The molecule has 0 saturated carbocycles. The van der Waals surface area contributed by atoms with Gasteiger partial charge in [-0.25, -0.2) is 0 Å². The Bertz CT molecular complexity index is 544. The summed E-state index contributed by atoms with van der Waals surface area (Å²) in [6.45, 7) is 10.8. The molecule has 140 valence electrons. The number of nitrogens with zero attached hydrogens (tertiary/aromatic N) is 2. The molecule has 0 aliphatic heterocycles. The average molecular weight is 348 g/mol. The molecule has 1 aromatic rings. The molecule has 1 aromatic carbocycles. The molecule has 0 amide bonds. The van der Waals surface area contributed by atoms with Crippen molar-refractivity contribution in [3.8, 4) is 11.5 Å². The third-order valence-electron chi connectivity index (χ3n) is 3.78. The Hall–Kier alpha value is -2.17. The number of guanidine groups is 1. The van der Waals surface area contributed by atoms with E-state index >= 15 is 0 Å². The standard InChI is InChI=1S/C20H33N3O2/c1-6-9-10-15-23(5)20(21-4)22-14-13-17-11-12-18(24-7-2)19(16-17)25-8-3/h6,11-12,16H,1,7-10,13-15H2,2-5H3,(H,21,22). The number of hydrogen-bond donors (Lipinski definition) is 1. The summed E-state index contributed by atoms with van der Waals surface area (Å²) in [6.07, 6.45) is 4.95. The normalized spacial score (nSPS) is 11.1. The van der Waals surface area contributed by atoms with Crippen LogP contribution in [0.15, 0.2) is 35.8 Å². The number of aliphatic imine (C=N–C) groups is 1. The van der Waals surface area contributed by atoms with Gasteiger partial charge in [-0.2, -0.15) is 0 Å². The molecular formula is C20H33N3O2. The van der Waals surface area contributed by atoms with Crippen LogP contribution in [0.25, 0.3) is 0 Å². The van der Waals surface area contributed by atoms with Gasteiger partial charge in [0.1, 0.15) is 0 Å².